The molecule has 6 heteroatoms. The van der Waals surface area contributed by atoms with E-state index in [9.17, 15) is 0 Å². The maximum absolute atomic E-state index is 5.76. The molecule has 1 aliphatic heterocycles. The molecule has 124 valence electrons. The van der Waals surface area contributed by atoms with Crippen LogP contribution in [0.2, 0.25) is 0 Å². The molecule has 0 unspecified atom stereocenters. The van der Waals surface area contributed by atoms with Crippen LogP contribution in [0, 0.1) is 0 Å². The summed E-state index contributed by atoms with van der Waals surface area (Å²) >= 11 is 0. The van der Waals surface area contributed by atoms with Gasteiger partial charge in [-0.05, 0) is 12.1 Å². The molecule has 0 aliphatic carbocycles. The van der Waals surface area contributed by atoms with Crippen LogP contribution in [0.4, 0.5) is 0 Å². The van der Waals surface area contributed by atoms with E-state index in [4.69, 9.17) is 9.47 Å². The van der Waals surface area contributed by atoms with Crippen molar-refractivity contribution in [2.45, 2.75) is 25.0 Å². The molecule has 1 aromatic heterocycles. The first-order valence-electron chi connectivity index (χ1n) is 7.75. The third-order valence-corrected chi connectivity index (χ3v) is 4.43. The summed E-state index contributed by atoms with van der Waals surface area (Å²) in [5.41, 5.74) is 1.10. The number of rotatable bonds is 5. The van der Waals surface area contributed by atoms with Crippen molar-refractivity contribution in [1.29, 1.82) is 0 Å². The topological polar surface area (TPSA) is 51.0 Å². The lowest BCUT2D eigenvalue weighted by Gasteiger charge is -2.37. The molecule has 1 aromatic rings. The number of hydrogen-bond acceptors (Lipinski definition) is 3. The standard InChI is InChI=1S/C16H28N4O2/c1-17-15(20(3)12-14-6-5-9-19(14)2)18-13-16(21-4)7-10-22-11-8-16/h5-6,9H,7-8,10-13H2,1-4H3,(H,17,18). The van der Waals surface area contributed by atoms with Gasteiger partial charge in [-0.1, -0.05) is 0 Å². The molecular weight excluding hydrogens is 280 g/mol. The molecule has 6 nitrogen and oxygen atoms in total. The van der Waals surface area contributed by atoms with Crippen LogP contribution < -0.4 is 5.32 Å². The summed E-state index contributed by atoms with van der Waals surface area (Å²) in [4.78, 5) is 6.51. The van der Waals surface area contributed by atoms with Crippen LogP contribution in [-0.4, -0.2) is 62.0 Å². The van der Waals surface area contributed by atoms with Gasteiger partial charge in [-0.2, -0.15) is 0 Å². The van der Waals surface area contributed by atoms with Gasteiger partial charge in [0, 0.05) is 72.7 Å². The number of ether oxygens (including phenoxy) is 2. The van der Waals surface area contributed by atoms with E-state index in [0.29, 0.717) is 0 Å². The second kappa shape index (κ2) is 7.65. The predicted octanol–water partition coefficient (Wildman–Crippen LogP) is 1.23. The lowest BCUT2D eigenvalue weighted by atomic mass is 9.94. The molecule has 1 N–H and O–H groups in total. The zero-order valence-electron chi connectivity index (χ0n) is 14.1. The molecule has 1 aliphatic rings. The van der Waals surface area contributed by atoms with Crippen LogP contribution in [0.15, 0.2) is 23.3 Å². The van der Waals surface area contributed by atoms with E-state index in [1.54, 1.807) is 7.11 Å². The molecule has 0 aromatic carbocycles. The minimum atomic E-state index is -0.153. The van der Waals surface area contributed by atoms with Gasteiger partial charge < -0.3 is 24.3 Å². The van der Waals surface area contributed by atoms with Crippen LogP contribution >= 0.6 is 0 Å². The second-order valence-electron chi connectivity index (χ2n) is 5.87. The van der Waals surface area contributed by atoms with E-state index in [0.717, 1.165) is 45.1 Å². The lowest BCUT2D eigenvalue weighted by Crippen LogP contribution is -2.51. The molecule has 0 bridgehead atoms. The molecular formula is C16H28N4O2. The summed E-state index contributed by atoms with van der Waals surface area (Å²) in [6.45, 7) is 3.07. The summed E-state index contributed by atoms with van der Waals surface area (Å²) in [6.07, 6.45) is 3.88. The Hall–Kier alpha value is -1.53. The van der Waals surface area contributed by atoms with Gasteiger partial charge in [0.2, 0.25) is 0 Å². The monoisotopic (exact) mass is 308 g/mol. The zero-order chi connectivity index (χ0) is 16.0. The van der Waals surface area contributed by atoms with Crippen molar-refractivity contribution < 1.29 is 9.47 Å². The number of aliphatic imine (C=N–C) groups is 1. The van der Waals surface area contributed by atoms with E-state index in [1.165, 1.54) is 5.69 Å². The van der Waals surface area contributed by atoms with E-state index in [-0.39, 0.29) is 5.60 Å². The lowest BCUT2D eigenvalue weighted by molar-refractivity contribution is -0.0857. The number of aromatic nitrogens is 1. The van der Waals surface area contributed by atoms with E-state index in [2.05, 4.69) is 45.2 Å². The average Bonchev–Trinajstić information content (AvgIpc) is 2.94. The molecule has 0 spiro atoms. The summed E-state index contributed by atoms with van der Waals surface area (Å²) in [7, 11) is 7.70. The number of nitrogens with zero attached hydrogens (tertiary/aromatic N) is 3. The number of hydrogen-bond donors (Lipinski definition) is 1. The predicted molar refractivity (Wildman–Crippen MR) is 88.0 cm³/mol. The van der Waals surface area contributed by atoms with Crippen LogP contribution in [0.25, 0.3) is 0 Å². The molecule has 0 radical (unpaired) electrons. The first kappa shape index (κ1) is 16.8. The fourth-order valence-electron chi connectivity index (χ4n) is 2.80. The van der Waals surface area contributed by atoms with Gasteiger partial charge in [-0.3, -0.25) is 4.99 Å². The molecule has 1 fully saturated rings. The van der Waals surface area contributed by atoms with Crippen molar-refractivity contribution in [2.24, 2.45) is 12.0 Å². The third-order valence-electron chi connectivity index (χ3n) is 4.43. The number of aryl methyl sites for hydroxylation is 1. The van der Waals surface area contributed by atoms with Gasteiger partial charge in [0.1, 0.15) is 0 Å². The highest BCUT2D eigenvalue weighted by atomic mass is 16.5. The second-order valence-corrected chi connectivity index (χ2v) is 5.87. The average molecular weight is 308 g/mol. The Bertz CT molecular complexity index is 492. The van der Waals surface area contributed by atoms with Gasteiger partial charge >= 0.3 is 0 Å². The van der Waals surface area contributed by atoms with Crippen molar-refractivity contribution >= 4 is 5.96 Å². The fraction of sp³-hybridized carbons (Fsp3) is 0.688. The minimum Gasteiger partial charge on any atom is -0.381 e. The van der Waals surface area contributed by atoms with Gasteiger partial charge in [-0.15, -0.1) is 0 Å². The number of guanidine groups is 1. The van der Waals surface area contributed by atoms with Gasteiger partial charge in [0.15, 0.2) is 5.96 Å². The van der Waals surface area contributed by atoms with Crippen LogP contribution in [0.1, 0.15) is 18.5 Å². The first-order chi connectivity index (χ1) is 10.6. The Morgan fingerprint density at radius 3 is 2.77 bits per heavy atom. The van der Waals surface area contributed by atoms with E-state index < -0.39 is 0 Å². The highest BCUT2D eigenvalue weighted by Gasteiger charge is 2.32. The normalized spacial score (nSPS) is 18.3. The summed E-state index contributed by atoms with van der Waals surface area (Å²) in [5.74, 6) is 0.879. The van der Waals surface area contributed by atoms with Crippen molar-refractivity contribution in [3.8, 4) is 0 Å². The first-order valence-corrected chi connectivity index (χ1v) is 7.75. The van der Waals surface area contributed by atoms with E-state index >= 15 is 0 Å². The Morgan fingerprint density at radius 2 is 2.23 bits per heavy atom. The molecule has 22 heavy (non-hydrogen) atoms. The highest BCUT2D eigenvalue weighted by molar-refractivity contribution is 5.79. The summed E-state index contributed by atoms with van der Waals surface area (Å²) in [6, 6.07) is 4.18. The van der Waals surface area contributed by atoms with Crippen molar-refractivity contribution in [1.82, 2.24) is 14.8 Å². The SMILES string of the molecule is CN=C(NCC1(OC)CCOCC1)N(C)Cc1cccn1C. The van der Waals surface area contributed by atoms with Crippen molar-refractivity contribution in [3.05, 3.63) is 24.0 Å². The third kappa shape index (κ3) is 4.01. The van der Waals surface area contributed by atoms with Gasteiger partial charge in [0.25, 0.3) is 0 Å². The van der Waals surface area contributed by atoms with Gasteiger partial charge in [-0.25, -0.2) is 0 Å². The Kier molecular flexibility index (Phi) is 5.85. The molecule has 1 saturated heterocycles. The smallest absolute Gasteiger partial charge is 0.193 e. The summed E-state index contributed by atoms with van der Waals surface area (Å²) in [5, 5.41) is 3.45. The molecule has 2 heterocycles. The Balaban J connectivity index is 1.92. The highest BCUT2D eigenvalue weighted by Crippen LogP contribution is 2.23. The van der Waals surface area contributed by atoms with Crippen LogP contribution in [0.5, 0.6) is 0 Å². The van der Waals surface area contributed by atoms with Crippen LogP contribution in [-0.2, 0) is 23.1 Å². The van der Waals surface area contributed by atoms with Crippen molar-refractivity contribution in [2.75, 3.05) is 41.0 Å². The maximum atomic E-state index is 5.76. The molecule has 0 saturated carbocycles. The molecule has 0 atom stereocenters. The summed E-state index contributed by atoms with van der Waals surface area (Å²) < 4.78 is 13.3. The minimum absolute atomic E-state index is 0.153. The van der Waals surface area contributed by atoms with Gasteiger partial charge in [0.05, 0.1) is 12.1 Å². The Morgan fingerprint density at radius 1 is 1.50 bits per heavy atom. The quantitative estimate of drug-likeness (QED) is 0.656. The Labute approximate surface area is 133 Å². The van der Waals surface area contributed by atoms with Crippen LogP contribution in [0.3, 0.4) is 0 Å². The largest absolute Gasteiger partial charge is 0.381 e. The van der Waals surface area contributed by atoms with Crippen molar-refractivity contribution in [3.63, 3.8) is 0 Å². The number of nitrogens with one attached hydrogen (secondary N) is 1. The van der Waals surface area contributed by atoms with E-state index in [1.807, 2.05) is 14.1 Å². The fourth-order valence-corrected chi connectivity index (χ4v) is 2.80. The maximum Gasteiger partial charge on any atom is 0.193 e. The molecule has 2 rings (SSSR count). The zero-order valence-corrected chi connectivity index (χ0v) is 14.1. The molecule has 0 amide bonds. The number of methoxy groups -OCH3 is 1.